The van der Waals surface area contributed by atoms with Crippen molar-refractivity contribution in [2.24, 2.45) is 11.1 Å². The summed E-state index contributed by atoms with van der Waals surface area (Å²) in [5.74, 6) is -0.0443. The van der Waals surface area contributed by atoms with Crippen molar-refractivity contribution in [3.05, 3.63) is 0 Å². The van der Waals surface area contributed by atoms with Gasteiger partial charge < -0.3 is 10.3 Å². The fourth-order valence-electron chi connectivity index (χ4n) is 1.26. The molecule has 5 heteroatoms. The third kappa shape index (κ3) is 1.55. The van der Waals surface area contributed by atoms with Crippen molar-refractivity contribution in [3.8, 4) is 0 Å². The molecule has 4 nitrogen and oxygen atoms in total. The van der Waals surface area contributed by atoms with Crippen molar-refractivity contribution in [1.29, 1.82) is 0 Å². The smallest absolute Gasteiger partial charge is 0.322 e. The monoisotopic (exact) mass is 189 g/mol. The maximum atomic E-state index is 10.6. The second-order valence-electron chi connectivity index (χ2n) is 2.68. The number of oxime groups is 1. The van der Waals surface area contributed by atoms with Crippen molar-refractivity contribution in [3.63, 3.8) is 0 Å². The van der Waals surface area contributed by atoms with Crippen LogP contribution in [0, 0.1) is 5.92 Å². The number of carboxylic acid groups (broad SMARTS) is 1. The second-order valence-corrected chi connectivity index (χ2v) is 3.82. The maximum Gasteiger partial charge on any atom is 0.322 e. The van der Waals surface area contributed by atoms with E-state index in [0.29, 0.717) is 5.71 Å². The summed E-state index contributed by atoms with van der Waals surface area (Å²) in [7, 11) is 0. The molecule has 0 aromatic heterocycles. The average Bonchev–Trinajstić information content (AvgIpc) is 2.46. The molecule has 0 bridgehead atoms. The number of thioether (sulfide) groups is 1. The Labute approximate surface area is 74.6 Å². The van der Waals surface area contributed by atoms with Crippen LogP contribution in [0.15, 0.2) is 5.16 Å². The first-order valence-electron chi connectivity index (χ1n) is 3.77. The van der Waals surface area contributed by atoms with Gasteiger partial charge in [-0.05, 0) is 6.42 Å². The highest BCUT2D eigenvalue weighted by Crippen LogP contribution is 2.31. The third-order valence-corrected chi connectivity index (χ3v) is 3.35. The molecule has 1 aliphatic rings. The average molecular weight is 189 g/mol. The largest absolute Gasteiger partial charge is 0.480 e. The standard InChI is InChI=1S/C7H11NO3S/c1-2-4-3-12-6(7(9)10)5(4)8-11/h4,6,11H,2-3H2,1H3,(H,9,10). The summed E-state index contributed by atoms with van der Waals surface area (Å²) in [5, 5.41) is 19.7. The zero-order valence-corrected chi connectivity index (χ0v) is 7.54. The van der Waals surface area contributed by atoms with E-state index in [2.05, 4.69) is 5.16 Å². The Morgan fingerprint density at radius 1 is 1.83 bits per heavy atom. The van der Waals surface area contributed by atoms with Crippen LogP contribution in [-0.4, -0.2) is 33.0 Å². The molecule has 68 valence electrons. The normalized spacial score (nSPS) is 32.6. The first-order valence-corrected chi connectivity index (χ1v) is 4.81. The van der Waals surface area contributed by atoms with Gasteiger partial charge in [0.25, 0.3) is 0 Å². The highest BCUT2D eigenvalue weighted by Gasteiger charge is 2.37. The molecule has 2 unspecified atom stereocenters. The van der Waals surface area contributed by atoms with E-state index in [1.165, 1.54) is 11.8 Å². The third-order valence-electron chi connectivity index (χ3n) is 1.98. The minimum Gasteiger partial charge on any atom is -0.480 e. The number of carboxylic acids is 1. The van der Waals surface area contributed by atoms with Crippen LogP contribution >= 0.6 is 11.8 Å². The highest BCUT2D eigenvalue weighted by atomic mass is 32.2. The molecule has 1 saturated heterocycles. The Morgan fingerprint density at radius 2 is 2.50 bits per heavy atom. The van der Waals surface area contributed by atoms with E-state index in [-0.39, 0.29) is 5.92 Å². The molecule has 0 aromatic carbocycles. The van der Waals surface area contributed by atoms with Crippen LogP contribution in [0.5, 0.6) is 0 Å². The molecule has 12 heavy (non-hydrogen) atoms. The van der Waals surface area contributed by atoms with Gasteiger partial charge in [-0.25, -0.2) is 0 Å². The van der Waals surface area contributed by atoms with Crippen molar-refractivity contribution >= 4 is 23.4 Å². The zero-order valence-electron chi connectivity index (χ0n) is 6.73. The van der Waals surface area contributed by atoms with Gasteiger partial charge in [0.1, 0.15) is 5.25 Å². The summed E-state index contributed by atoms with van der Waals surface area (Å²) in [5.41, 5.74) is 0.412. The van der Waals surface area contributed by atoms with Crippen molar-refractivity contribution in [2.75, 3.05) is 5.75 Å². The van der Waals surface area contributed by atoms with E-state index < -0.39 is 11.2 Å². The van der Waals surface area contributed by atoms with Crippen LogP contribution in [0.1, 0.15) is 13.3 Å². The first kappa shape index (κ1) is 9.38. The lowest BCUT2D eigenvalue weighted by Crippen LogP contribution is -2.26. The molecule has 2 N–H and O–H groups in total. The van der Waals surface area contributed by atoms with Crippen LogP contribution in [0.4, 0.5) is 0 Å². The fourth-order valence-corrected chi connectivity index (χ4v) is 2.64. The molecular formula is C7H11NO3S. The van der Waals surface area contributed by atoms with E-state index in [1.807, 2.05) is 6.92 Å². The summed E-state index contributed by atoms with van der Waals surface area (Å²) >= 11 is 1.33. The molecule has 0 saturated carbocycles. The highest BCUT2D eigenvalue weighted by molar-refractivity contribution is 8.01. The molecule has 0 radical (unpaired) electrons. The molecule has 0 aliphatic carbocycles. The summed E-state index contributed by atoms with van der Waals surface area (Å²) in [6.07, 6.45) is 0.830. The minimum atomic E-state index is -0.913. The number of hydrogen-bond acceptors (Lipinski definition) is 4. The Kier molecular flexibility index (Phi) is 2.97. The molecular weight excluding hydrogens is 178 g/mol. The predicted molar refractivity (Wildman–Crippen MR) is 46.9 cm³/mol. The maximum absolute atomic E-state index is 10.6. The number of hydrogen-bond donors (Lipinski definition) is 2. The Morgan fingerprint density at radius 3 is 2.92 bits per heavy atom. The molecule has 0 amide bonds. The van der Waals surface area contributed by atoms with Crippen LogP contribution in [-0.2, 0) is 4.79 Å². The summed E-state index contributed by atoms with van der Waals surface area (Å²) in [6, 6.07) is 0. The van der Waals surface area contributed by atoms with Gasteiger partial charge in [0.15, 0.2) is 0 Å². The first-order chi connectivity index (χ1) is 5.70. The van der Waals surface area contributed by atoms with E-state index >= 15 is 0 Å². The van der Waals surface area contributed by atoms with Crippen LogP contribution in [0.3, 0.4) is 0 Å². The number of rotatable bonds is 2. The van der Waals surface area contributed by atoms with Gasteiger partial charge in [0.2, 0.25) is 0 Å². The van der Waals surface area contributed by atoms with E-state index in [0.717, 1.165) is 12.2 Å². The summed E-state index contributed by atoms with van der Waals surface area (Å²) in [6.45, 7) is 1.96. The van der Waals surface area contributed by atoms with Gasteiger partial charge >= 0.3 is 5.97 Å². The number of aliphatic carboxylic acids is 1. The lowest BCUT2D eigenvalue weighted by Gasteiger charge is -2.06. The fraction of sp³-hybridized carbons (Fsp3) is 0.714. The van der Waals surface area contributed by atoms with Crippen LogP contribution in [0.2, 0.25) is 0 Å². The van der Waals surface area contributed by atoms with Crippen LogP contribution < -0.4 is 0 Å². The number of carbonyl (C=O) groups is 1. The number of nitrogens with zero attached hydrogens (tertiary/aromatic N) is 1. The van der Waals surface area contributed by atoms with Gasteiger partial charge in [-0.2, -0.15) is 0 Å². The Bertz CT molecular complexity index is 217. The Hall–Kier alpha value is -0.710. The van der Waals surface area contributed by atoms with Crippen molar-refractivity contribution < 1.29 is 15.1 Å². The van der Waals surface area contributed by atoms with Crippen molar-refractivity contribution in [1.82, 2.24) is 0 Å². The Balaban J connectivity index is 2.76. The van der Waals surface area contributed by atoms with Gasteiger partial charge in [0, 0.05) is 11.7 Å². The molecule has 2 atom stereocenters. The predicted octanol–water partition coefficient (Wildman–Crippen LogP) is 1.04. The van der Waals surface area contributed by atoms with Gasteiger partial charge in [-0.3, -0.25) is 4.79 Å². The SMILES string of the molecule is CCC1CSC(C(=O)O)C1=NO. The lowest BCUT2D eigenvalue weighted by molar-refractivity contribution is -0.135. The van der Waals surface area contributed by atoms with E-state index in [9.17, 15) is 4.79 Å². The molecule has 1 aliphatic heterocycles. The molecule has 1 rings (SSSR count). The summed E-state index contributed by atoms with van der Waals surface area (Å²) < 4.78 is 0. The van der Waals surface area contributed by atoms with Gasteiger partial charge in [-0.15, -0.1) is 11.8 Å². The minimum absolute atomic E-state index is 0.126. The molecule has 1 heterocycles. The van der Waals surface area contributed by atoms with Gasteiger partial charge in [0.05, 0.1) is 5.71 Å². The lowest BCUT2D eigenvalue weighted by atomic mass is 10.0. The zero-order chi connectivity index (χ0) is 9.14. The van der Waals surface area contributed by atoms with Crippen molar-refractivity contribution in [2.45, 2.75) is 18.6 Å². The van der Waals surface area contributed by atoms with Crippen LogP contribution in [0.25, 0.3) is 0 Å². The van der Waals surface area contributed by atoms with Gasteiger partial charge in [-0.1, -0.05) is 12.1 Å². The van der Waals surface area contributed by atoms with E-state index in [4.69, 9.17) is 10.3 Å². The topological polar surface area (TPSA) is 69.9 Å². The van der Waals surface area contributed by atoms with E-state index in [1.54, 1.807) is 0 Å². The molecule has 0 aromatic rings. The quantitative estimate of drug-likeness (QED) is 0.503. The molecule has 0 spiro atoms. The molecule has 1 fully saturated rings. The second kappa shape index (κ2) is 3.80. The summed E-state index contributed by atoms with van der Waals surface area (Å²) in [4.78, 5) is 10.6.